The average molecular weight is 924 g/mol. The van der Waals surface area contributed by atoms with E-state index in [1.165, 1.54) is 155 Å². The Hall–Kier alpha value is -5.28. The second-order valence-corrected chi connectivity index (χ2v) is 25.9. The normalized spacial score (nSPS) is 19.8. The molecule has 0 aromatic heterocycles. The van der Waals surface area contributed by atoms with Crippen molar-refractivity contribution in [1.82, 2.24) is 0 Å². The van der Waals surface area contributed by atoms with Gasteiger partial charge in [0.1, 0.15) is 0 Å². The zero-order valence-corrected chi connectivity index (χ0v) is 44.8. The smallest absolute Gasteiger partial charge is 0.253 e. The highest BCUT2D eigenvalue weighted by atomic mass is 28.3. The van der Waals surface area contributed by atoms with Gasteiger partial charge >= 0.3 is 0 Å². The molecule has 0 spiro atoms. The molecule has 353 valence electrons. The van der Waals surface area contributed by atoms with Gasteiger partial charge in [-0.3, -0.25) is 0 Å². The number of hydrogen-bond donors (Lipinski definition) is 0. The number of benzene rings is 7. The molecule has 4 saturated carbocycles. The van der Waals surface area contributed by atoms with Crippen LogP contribution in [-0.4, -0.2) is 16.2 Å². The maximum Gasteiger partial charge on any atom is 0.253 e. The molecule has 7 aromatic carbocycles. The predicted octanol–water partition coefficient (Wildman–Crippen LogP) is 17.1. The fourth-order valence-corrected chi connectivity index (χ4v) is 18.1. The monoisotopic (exact) mass is 924 g/mol. The lowest BCUT2D eigenvalue weighted by Crippen LogP contribution is -2.56. The molecule has 0 heterocycles. The van der Waals surface area contributed by atoms with E-state index in [0.717, 1.165) is 30.6 Å². The summed E-state index contributed by atoms with van der Waals surface area (Å²) in [6.07, 6.45) is 9.90. The summed E-state index contributed by atoms with van der Waals surface area (Å²) >= 11 is 0. The molecule has 0 aliphatic heterocycles. The fraction of sp³-hybridized carbons (Fsp3) is 0.373. The number of rotatable bonds is 11. The molecular formula is C67H75OSi. The third-order valence-corrected chi connectivity index (χ3v) is 20.3. The maximum absolute atomic E-state index is 7.42. The molecule has 0 unspecified atom stereocenters. The van der Waals surface area contributed by atoms with Crippen LogP contribution >= 0.6 is 0 Å². The zero-order valence-electron chi connectivity index (χ0n) is 43.8. The van der Waals surface area contributed by atoms with Gasteiger partial charge in [-0.25, -0.2) is 0 Å². The number of aryl methyl sites for hydroxylation is 8. The summed E-state index contributed by atoms with van der Waals surface area (Å²) < 4.78 is 7.42. The van der Waals surface area contributed by atoms with Crippen LogP contribution < -0.4 is 5.19 Å². The van der Waals surface area contributed by atoms with E-state index in [1.807, 2.05) is 0 Å². The van der Waals surface area contributed by atoms with Gasteiger partial charge in [-0.05, 0) is 257 Å². The Bertz CT molecular complexity index is 2670. The van der Waals surface area contributed by atoms with Gasteiger partial charge < -0.3 is 4.43 Å². The minimum Gasteiger partial charge on any atom is -0.414 e. The van der Waals surface area contributed by atoms with Gasteiger partial charge in [-0.2, -0.15) is 0 Å². The van der Waals surface area contributed by atoms with E-state index in [-0.39, 0.29) is 10.5 Å². The lowest BCUT2D eigenvalue weighted by Gasteiger charge is -2.58. The summed E-state index contributed by atoms with van der Waals surface area (Å²) in [7, 11) is 0.523. The minimum absolute atomic E-state index is 0.0776. The van der Waals surface area contributed by atoms with Gasteiger partial charge in [-0.1, -0.05) is 142 Å². The lowest BCUT2D eigenvalue weighted by atomic mass is 9.56. The summed E-state index contributed by atoms with van der Waals surface area (Å²) in [6, 6.07) is 47.0. The highest BCUT2D eigenvalue weighted by molar-refractivity contribution is 6.71. The molecule has 2 heteroatoms. The molecule has 11 rings (SSSR count). The molecule has 4 bridgehead atoms. The van der Waals surface area contributed by atoms with Gasteiger partial charge in [0.05, 0.1) is 0 Å². The van der Waals surface area contributed by atoms with Crippen LogP contribution in [0, 0.1) is 73.1 Å². The van der Waals surface area contributed by atoms with Gasteiger partial charge in [0.25, 0.3) is 9.04 Å². The first-order valence-corrected chi connectivity index (χ1v) is 27.5. The Labute approximate surface area is 417 Å². The molecule has 0 amide bonds. The summed E-state index contributed by atoms with van der Waals surface area (Å²) in [5.74, 6) is 2.48. The highest BCUT2D eigenvalue weighted by Crippen LogP contribution is 2.65. The van der Waals surface area contributed by atoms with Crippen LogP contribution in [0.25, 0.3) is 44.5 Å². The zero-order chi connectivity index (χ0) is 48.5. The quantitative estimate of drug-likeness (QED) is 0.118. The van der Waals surface area contributed by atoms with E-state index in [9.17, 15) is 0 Å². The Kier molecular flexibility index (Phi) is 12.7. The Balaban J connectivity index is 1.30. The van der Waals surface area contributed by atoms with Crippen molar-refractivity contribution < 1.29 is 4.43 Å². The maximum atomic E-state index is 7.42. The second-order valence-electron chi connectivity index (χ2n) is 23.2. The van der Waals surface area contributed by atoms with Crippen LogP contribution in [-0.2, 0) is 22.7 Å². The number of hydrogen-bond acceptors (Lipinski definition) is 1. The third kappa shape index (κ3) is 8.63. The van der Waals surface area contributed by atoms with Crippen LogP contribution in [0.2, 0.25) is 5.04 Å². The van der Waals surface area contributed by atoms with E-state index in [0.29, 0.717) is 0 Å². The van der Waals surface area contributed by atoms with Gasteiger partial charge in [0.15, 0.2) is 0 Å². The average Bonchev–Trinajstić information content (AvgIpc) is 3.28. The van der Waals surface area contributed by atoms with Gasteiger partial charge in [0, 0.05) is 7.11 Å². The third-order valence-electron chi connectivity index (χ3n) is 17.2. The summed E-state index contributed by atoms with van der Waals surface area (Å²) in [5, 5.41) is 1.77. The first-order valence-electron chi connectivity index (χ1n) is 26.1. The van der Waals surface area contributed by atoms with Crippen molar-refractivity contribution in [2.45, 2.75) is 138 Å². The van der Waals surface area contributed by atoms with Crippen LogP contribution in [0.1, 0.15) is 132 Å². The van der Waals surface area contributed by atoms with E-state index in [1.54, 1.807) is 5.19 Å². The minimum atomic E-state index is -1.59. The highest BCUT2D eigenvalue weighted by Gasteiger charge is 2.57. The van der Waals surface area contributed by atoms with Crippen molar-refractivity contribution in [1.29, 1.82) is 0 Å². The van der Waals surface area contributed by atoms with Gasteiger partial charge in [-0.15, -0.1) is 0 Å². The molecule has 0 atom stereocenters. The van der Waals surface area contributed by atoms with E-state index in [2.05, 4.69) is 205 Å². The molecule has 1 nitrogen and oxygen atoms in total. The first-order chi connectivity index (χ1) is 33.0. The van der Waals surface area contributed by atoms with Crippen molar-refractivity contribution >= 4 is 14.2 Å². The Morgan fingerprint density at radius 1 is 0.449 bits per heavy atom. The summed E-state index contributed by atoms with van der Waals surface area (Å²) in [6.45, 7) is 25.7. The van der Waals surface area contributed by atoms with Crippen molar-refractivity contribution in [2.75, 3.05) is 7.11 Å². The molecule has 1 radical (unpaired) electrons. The molecule has 4 fully saturated rings. The predicted molar refractivity (Wildman–Crippen MR) is 297 cm³/mol. The topological polar surface area (TPSA) is 9.23 Å². The first kappa shape index (κ1) is 47.4. The van der Waals surface area contributed by atoms with Crippen LogP contribution in [0.15, 0.2) is 121 Å². The Morgan fingerprint density at radius 3 is 0.986 bits per heavy atom. The SMILES string of the molecule is CO[Si](c1c(Cc2c(-c3c(C)cccc3C)cccc2-c2c(C)cccc2C)cc(C(C)(C)C)cc1Cc1c(-c2c(C)cccc2C)cccc1-c1c(C)cccc1C)C12CC3CC(CC(C3)C1)C2. The standard InChI is InChI=1S/C67H75OSi/c1-41-19-13-20-42(2)61(41)55-27-17-28-56(62-43(3)21-14-22-44(62)4)59(55)36-52-34-54(66(9,10)11)35-53(65(52)69(68-12)67-38-49-31-50(39-67)33-51(32-49)40-67)37-60-57(63-45(5)23-15-24-46(63)6)29-18-30-58(60)64-47(7)25-16-26-48(64)8/h13-30,34-35,49-51H,31-33,36-40H2,1-12H3. The molecule has 7 aromatic rings. The summed E-state index contributed by atoms with van der Waals surface area (Å²) in [4.78, 5) is 0. The molecular weight excluding hydrogens is 849 g/mol. The van der Waals surface area contributed by atoms with Gasteiger partial charge in [0.2, 0.25) is 0 Å². The van der Waals surface area contributed by atoms with E-state index >= 15 is 0 Å². The Morgan fingerprint density at radius 2 is 0.725 bits per heavy atom. The largest absolute Gasteiger partial charge is 0.414 e. The van der Waals surface area contributed by atoms with Crippen LogP contribution in [0.3, 0.4) is 0 Å². The van der Waals surface area contributed by atoms with Crippen LogP contribution in [0.5, 0.6) is 0 Å². The molecule has 0 N–H and O–H groups in total. The van der Waals surface area contributed by atoms with Crippen molar-refractivity contribution in [2.24, 2.45) is 17.8 Å². The van der Waals surface area contributed by atoms with E-state index < -0.39 is 9.04 Å². The van der Waals surface area contributed by atoms with Crippen molar-refractivity contribution in [3.05, 3.63) is 194 Å². The molecule has 4 aliphatic carbocycles. The molecule has 0 saturated heterocycles. The van der Waals surface area contributed by atoms with Crippen molar-refractivity contribution in [3.63, 3.8) is 0 Å². The van der Waals surface area contributed by atoms with Crippen LogP contribution in [0.4, 0.5) is 0 Å². The molecule has 69 heavy (non-hydrogen) atoms. The van der Waals surface area contributed by atoms with E-state index in [4.69, 9.17) is 4.43 Å². The fourth-order valence-electron chi connectivity index (χ4n) is 14.6. The lowest BCUT2D eigenvalue weighted by molar-refractivity contribution is 0.0213. The molecule has 4 aliphatic rings. The summed E-state index contributed by atoms with van der Waals surface area (Å²) in [5.41, 5.74) is 28.7. The van der Waals surface area contributed by atoms with Crippen molar-refractivity contribution in [3.8, 4) is 44.5 Å². The second kappa shape index (κ2) is 18.5.